The van der Waals surface area contributed by atoms with Gasteiger partial charge in [-0.1, -0.05) is 6.07 Å². The largest absolute Gasteiger partial charge is 0.334 e. The van der Waals surface area contributed by atoms with Crippen LogP contribution in [0.1, 0.15) is 6.92 Å². The summed E-state index contributed by atoms with van der Waals surface area (Å²) in [6.45, 7) is 1.39. The third-order valence-corrected chi connectivity index (χ3v) is 4.82. The summed E-state index contributed by atoms with van der Waals surface area (Å²) in [6, 6.07) is 11.3. The third-order valence-electron chi connectivity index (χ3n) is 3.44. The Kier molecular flexibility index (Phi) is 3.98. The summed E-state index contributed by atoms with van der Waals surface area (Å²) in [7, 11) is -1.91. The number of benzene rings is 2. The molecule has 0 saturated heterocycles. The smallest absolute Gasteiger partial charge is 0.261 e. The van der Waals surface area contributed by atoms with Crippen LogP contribution >= 0.6 is 0 Å². The SMILES string of the molecule is CC(=O)Nc1cccc(NS(=O)(=O)c2ccc3c(c2)ncn3C)c1. The van der Waals surface area contributed by atoms with Gasteiger partial charge in [-0.05, 0) is 36.4 Å². The van der Waals surface area contributed by atoms with Crippen molar-refractivity contribution in [3.63, 3.8) is 0 Å². The highest BCUT2D eigenvalue weighted by Gasteiger charge is 2.16. The molecule has 0 spiro atoms. The first kappa shape index (κ1) is 16.0. The number of amides is 1. The lowest BCUT2D eigenvalue weighted by atomic mass is 10.3. The zero-order valence-electron chi connectivity index (χ0n) is 13.1. The first-order chi connectivity index (χ1) is 11.3. The van der Waals surface area contributed by atoms with E-state index in [1.807, 2.05) is 11.6 Å². The molecule has 2 aromatic carbocycles. The first-order valence-corrected chi connectivity index (χ1v) is 8.65. The fraction of sp³-hybridized carbons (Fsp3) is 0.125. The molecule has 7 nitrogen and oxygen atoms in total. The molecule has 0 aliphatic heterocycles. The van der Waals surface area contributed by atoms with E-state index in [-0.39, 0.29) is 10.8 Å². The first-order valence-electron chi connectivity index (χ1n) is 7.17. The van der Waals surface area contributed by atoms with E-state index in [1.54, 1.807) is 36.7 Å². The van der Waals surface area contributed by atoms with Crippen molar-refractivity contribution in [2.45, 2.75) is 11.8 Å². The van der Waals surface area contributed by atoms with E-state index >= 15 is 0 Å². The molecule has 0 unspecified atom stereocenters. The quantitative estimate of drug-likeness (QED) is 0.760. The number of aromatic nitrogens is 2. The average Bonchev–Trinajstić information content (AvgIpc) is 2.87. The molecule has 3 rings (SSSR count). The predicted octanol–water partition coefficient (Wildman–Crippen LogP) is 2.33. The topological polar surface area (TPSA) is 93.1 Å². The number of rotatable bonds is 4. The molecule has 1 amide bonds. The van der Waals surface area contributed by atoms with E-state index < -0.39 is 10.0 Å². The number of carbonyl (C=O) groups is 1. The summed E-state index contributed by atoms with van der Waals surface area (Å²) in [4.78, 5) is 15.4. The Morgan fingerprint density at radius 2 is 1.88 bits per heavy atom. The summed E-state index contributed by atoms with van der Waals surface area (Å²) in [5.74, 6) is -0.226. The normalized spacial score (nSPS) is 11.4. The number of sulfonamides is 1. The highest BCUT2D eigenvalue weighted by molar-refractivity contribution is 7.92. The molecule has 0 aliphatic carbocycles. The molecule has 24 heavy (non-hydrogen) atoms. The van der Waals surface area contributed by atoms with Crippen molar-refractivity contribution in [1.29, 1.82) is 0 Å². The van der Waals surface area contributed by atoms with Gasteiger partial charge in [-0.15, -0.1) is 0 Å². The van der Waals surface area contributed by atoms with Crippen LogP contribution in [0.3, 0.4) is 0 Å². The van der Waals surface area contributed by atoms with Gasteiger partial charge in [0.25, 0.3) is 10.0 Å². The maximum absolute atomic E-state index is 12.6. The minimum absolute atomic E-state index is 0.124. The number of carbonyl (C=O) groups excluding carboxylic acids is 1. The Hall–Kier alpha value is -2.87. The van der Waals surface area contributed by atoms with E-state index in [9.17, 15) is 13.2 Å². The number of nitrogens with one attached hydrogen (secondary N) is 2. The molecule has 3 aromatic rings. The van der Waals surface area contributed by atoms with Gasteiger partial charge in [-0.2, -0.15) is 0 Å². The lowest BCUT2D eigenvalue weighted by molar-refractivity contribution is -0.114. The molecule has 124 valence electrons. The number of imidazole rings is 1. The summed E-state index contributed by atoms with van der Waals surface area (Å²) in [5, 5.41) is 2.61. The molecule has 0 bridgehead atoms. The van der Waals surface area contributed by atoms with Crippen molar-refractivity contribution < 1.29 is 13.2 Å². The van der Waals surface area contributed by atoms with Crippen LogP contribution in [0.2, 0.25) is 0 Å². The van der Waals surface area contributed by atoms with Crippen LogP contribution in [0, 0.1) is 0 Å². The van der Waals surface area contributed by atoms with Crippen LogP contribution in [0.5, 0.6) is 0 Å². The summed E-state index contributed by atoms with van der Waals surface area (Å²) in [6.07, 6.45) is 1.63. The van der Waals surface area contributed by atoms with E-state index in [2.05, 4.69) is 15.0 Å². The Bertz CT molecular complexity index is 1020. The van der Waals surface area contributed by atoms with Crippen LogP contribution in [0.25, 0.3) is 11.0 Å². The van der Waals surface area contributed by atoms with Gasteiger partial charge < -0.3 is 9.88 Å². The van der Waals surface area contributed by atoms with Gasteiger partial charge in [0.2, 0.25) is 5.91 Å². The molecular formula is C16H16N4O3S. The van der Waals surface area contributed by atoms with E-state index in [0.717, 1.165) is 5.52 Å². The van der Waals surface area contributed by atoms with Gasteiger partial charge in [0.1, 0.15) is 0 Å². The number of aryl methyl sites for hydroxylation is 1. The highest BCUT2D eigenvalue weighted by atomic mass is 32.2. The number of hydrogen-bond donors (Lipinski definition) is 2. The van der Waals surface area contributed by atoms with Crippen LogP contribution in [0.15, 0.2) is 53.7 Å². The third kappa shape index (κ3) is 3.23. The van der Waals surface area contributed by atoms with Gasteiger partial charge in [-0.25, -0.2) is 13.4 Å². The molecule has 0 fully saturated rings. The Labute approximate surface area is 139 Å². The molecule has 0 aliphatic rings. The molecule has 8 heteroatoms. The minimum atomic E-state index is -3.75. The molecule has 2 N–H and O–H groups in total. The van der Waals surface area contributed by atoms with Gasteiger partial charge in [0.15, 0.2) is 0 Å². The summed E-state index contributed by atoms with van der Waals surface area (Å²) >= 11 is 0. The van der Waals surface area contributed by atoms with E-state index in [0.29, 0.717) is 16.9 Å². The fourth-order valence-corrected chi connectivity index (χ4v) is 3.43. The Morgan fingerprint density at radius 3 is 2.62 bits per heavy atom. The molecule has 1 heterocycles. The zero-order valence-corrected chi connectivity index (χ0v) is 14.0. The van der Waals surface area contributed by atoms with Crippen molar-refractivity contribution in [2.24, 2.45) is 7.05 Å². The number of anilines is 2. The van der Waals surface area contributed by atoms with Crippen LogP contribution in [0.4, 0.5) is 11.4 Å². The van der Waals surface area contributed by atoms with Crippen LogP contribution in [-0.4, -0.2) is 23.9 Å². The number of hydrogen-bond acceptors (Lipinski definition) is 4. The van der Waals surface area contributed by atoms with Crippen molar-refractivity contribution in [2.75, 3.05) is 10.0 Å². The predicted molar refractivity (Wildman–Crippen MR) is 92.3 cm³/mol. The molecule has 0 radical (unpaired) electrons. The second-order valence-electron chi connectivity index (χ2n) is 5.37. The zero-order chi connectivity index (χ0) is 17.3. The summed E-state index contributed by atoms with van der Waals surface area (Å²) < 4.78 is 29.4. The number of fused-ring (bicyclic) bond motifs is 1. The Balaban J connectivity index is 1.91. The van der Waals surface area contributed by atoms with Crippen molar-refractivity contribution in [3.05, 3.63) is 48.8 Å². The molecular weight excluding hydrogens is 328 g/mol. The maximum atomic E-state index is 12.6. The van der Waals surface area contributed by atoms with Crippen LogP contribution in [-0.2, 0) is 21.9 Å². The van der Waals surface area contributed by atoms with Crippen molar-refractivity contribution in [1.82, 2.24) is 9.55 Å². The average molecular weight is 344 g/mol. The van der Waals surface area contributed by atoms with Gasteiger partial charge in [-0.3, -0.25) is 9.52 Å². The van der Waals surface area contributed by atoms with Gasteiger partial charge in [0, 0.05) is 19.7 Å². The fourth-order valence-electron chi connectivity index (χ4n) is 2.36. The van der Waals surface area contributed by atoms with Crippen LogP contribution < -0.4 is 10.0 Å². The van der Waals surface area contributed by atoms with Crippen molar-refractivity contribution >= 4 is 38.3 Å². The van der Waals surface area contributed by atoms with E-state index in [1.165, 1.54) is 19.1 Å². The van der Waals surface area contributed by atoms with Gasteiger partial charge in [0.05, 0.1) is 27.9 Å². The van der Waals surface area contributed by atoms with Crippen molar-refractivity contribution in [3.8, 4) is 0 Å². The summed E-state index contributed by atoms with van der Waals surface area (Å²) in [5.41, 5.74) is 2.33. The maximum Gasteiger partial charge on any atom is 0.261 e. The highest BCUT2D eigenvalue weighted by Crippen LogP contribution is 2.22. The Morgan fingerprint density at radius 1 is 1.12 bits per heavy atom. The number of nitrogens with zero attached hydrogens (tertiary/aromatic N) is 2. The lowest BCUT2D eigenvalue weighted by Gasteiger charge is -2.10. The molecule has 0 atom stereocenters. The standard InChI is InChI=1S/C16H16N4O3S/c1-11(21)18-12-4-3-5-13(8-12)19-24(22,23)14-6-7-16-15(9-14)17-10-20(16)2/h3-10,19H,1-2H3,(H,18,21). The minimum Gasteiger partial charge on any atom is -0.334 e. The van der Waals surface area contributed by atoms with Gasteiger partial charge >= 0.3 is 0 Å². The monoisotopic (exact) mass is 344 g/mol. The molecule has 1 aromatic heterocycles. The second kappa shape index (κ2) is 5.97. The second-order valence-corrected chi connectivity index (χ2v) is 7.06. The molecule has 0 saturated carbocycles. The lowest BCUT2D eigenvalue weighted by Crippen LogP contribution is -2.13. The van der Waals surface area contributed by atoms with E-state index in [4.69, 9.17) is 0 Å².